The van der Waals surface area contributed by atoms with Crippen LogP contribution in [0.3, 0.4) is 0 Å². The number of carbonyl (C=O) groups excluding carboxylic acids is 1. The van der Waals surface area contributed by atoms with E-state index in [1.54, 1.807) is 31.2 Å². The first-order chi connectivity index (χ1) is 10.4. The van der Waals surface area contributed by atoms with Crippen LogP contribution in [0.15, 0.2) is 42.1 Å². The Balaban J connectivity index is 2.51. The quantitative estimate of drug-likeness (QED) is 0.831. The molecule has 1 amide bonds. The van der Waals surface area contributed by atoms with Gasteiger partial charge in [0.2, 0.25) is 0 Å². The SMILES string of the molecule is CCN1C=C(C(=O)N(C)OC)C(c2ccccc2)NS1(=O)=O. The summed E-state index contributed by atoms with van der Waals surface area (Å²) in [6.45, 7) is 1.92. The molecule has 0 radical (unpaired) electrons. The molecule has 0 saturated carbocycles. The van der Waals surface area contributed by atoms with Crippen molar-refractivity contribution >= 4 is 16.1 Å². The van der Waals surface area contributed by atoms with Crippen molar-refractivity contribution in [2.75, 3.05) is 20.7 Å². The minimum atomic E-state index is -3.67. The van der Waals surface area contributed by atoms with Crippen molar-refractivity contribution < 1.29 is 18.0 Å². The van der Waals surface area contributed by atoms with Crippen molar-refractivity contribution in [3.05, 3.63) is 47.7 Å². The molecule has 1 unspecified atom stereocenters. The molecule has 1 N–H and O–H groups in total. The summed E-state index contributed by atoms with van der Waals surface area (Å²) in [4.78, 5) is 17.4. The number of rotatable bonds is 4. The van der Waals surface area contributed by atoms with Crippen LogP contribution >= 0.6 is 0 Å². The average Bonchev–Trinajstić information content (AvgIpc) is 2.53. The van der Waals surface area contributed by atoms with Gasteiger partial charge in [0, 0.05) is 19.8 Å². The minimum Gasteiger partial charge on any atom is -0.274 e. The topological polar surface area (TPSA) is 79.0 Å². The predicted octanol–water partition coefficient (Wildman–Crippen LogP) is 0.801. The standard InChI is InChI=1S/C14H19N3O4S/c1-4-17-10-12(14(18)16(2)21-3)13(15-22(17,19)20)11-8-6-5-7-9-11/h5-10,13,15H,4H2,1-3H3. The van der Waals surface area contributed by atoms with Gasteiger partial charge in [-0.05, 0) is 12.5 Å². The molecule has 1 aliphatic rings. The van der Waals surface area contributed by atoms with Gasteiger partial charge in [0.1, 0.15) is 0 Å². The molecule has 1 heterocycles. The second-order valence-corrected chi connectivity index (χ2v) is 6.39. The number of likely N-dealkylation sites (N-methyl/N-ethyl adjacent to an activating group) is 1. The van der Waals surface area contributed by atoms with Crippen LogP contribution in [-0.2, 0) is 19.8 Å². The summed E-state index contributed by atoms with van der Waals surface area (Å²) >= 11 is 0. The van der Waals surface area contributed by atoms with E-state index in [1.165, 1.54) is 20.4 Å². The van der Waals surface area contributed by atoms with E-state index < -0.39 is 22.2 Å². The van der Waals surface area contributed by atoms with Gasteiger partial charge in [-0.25, -0.2) is 5.06 Å². The van der Waals surface area contributed by atoms with E-state index in [2.05, 4.69) is 4.72 Å². The number of nitrogens with one attached hydrogen (secondary N) is 1. The van der Waals surface area contributed by atoms with Gasteiger partial charge in [-0.3, -0.25) is 13.9 Å². The van der Waals surface area contributed by atoms with Crippen molar-refractivity contribution in [2.24, 2.45) is 0 Å². The van der Waals surface area contributed by atoms with Crippen molar-refractivity contribution in [2.45, 2.75) is 13.0 Å². The largest absolute Gasteiger partial charge is 0.301 e. The molecule has 0 bridgehead atoms. The number of hydroxylamine groups is 2. The fourth-order valence-electron chi connectivity index (χ4n) is 2.18. The number of hydrogen-bond acceptors (Lipinski definition) is 4. The second kappa shape index (κ2) is 6.47. The highest BCUT2D eigenvalue weighted by atomic mass is 32.2. The summed E-state index contributed by atoms with van der Waals surface area (Å²) in [6.07, 6.45) is 1.36. The molecule has 0 spiro atoms. The summed E-state index contributed by atoms with van der Waals surface area (Å²) in [5.41, 5.74) is 0.984. The zero-order chi connectivity index (χ0) is 16.3. The van der Waals surface area contributed by atoms with Gasteiger partial charge < -0.3 is 0 Å². The number of hydrogen-bond donors (Lipinski definition) is 1. The van der Waals surface area contributed by atoms with E-state index in [4.69, 9.17) is 4.84 Å². The molecule has 1 atom stereocenters. The van der Waals surface area contributed by atoms with Gasteiger partial charge in [0.05, 0.1) is 18.7 Å². The van der Waals surface area contributed by atoms with Crippen molar-refractivity contribution in [3.63, 3.8) is 0 Å². The first kappa shape index (κ1) is 16.5. The molecule has 1 aliphatic heterocycles. The Hall–Kier alpha value is -1.90. The number of benzene rings is 1. The lowest BCUT2D eigenvalue weighted by molar-refractivity contribution is -0.164. The molecular weight excluding hydrogens is 306 g/mol. The van der Waals surface area contributed by atoms with E-state index in [0.29, 0.717) is 11.1 Å². The van der Waals surface area contributed by atoms with Crippen LogP contribution in [0.1, 0.15) is 18.5 Å². The molecular formula is C14H19N3O4S. The predicted molar refractivity (Wildman–Crippen MR) is 81.5 cm³/mol. The summed E-state index contributed by atoms with van der Waals surface area (Å²) in [5, 5.41) is 1.06. The van der Waals surface area contributed by atoms with E-state index in [9.17, 15) is 13.2 Å². The highest BCUT2D eigenvalue weighted by Gasteiger charge is 2.36. The Morgan fingerprint density at radius 2 is 2.00 bits per heavy atom. The van der Waals surface area contributed by atoms with Crippen molar-refractivity contribution in [1.82, 2.24) is 14.1 Å². The van der Waals surface area contributed by atoms with Gasteiger partial charge in [-0.15, -0.1) is 0 Å². The van der Waals surface area contributed by atoms with Crippen LogP contribution in [0, 0.1) is 0 Å². The molecule has 8 heteroatoms. The van der Waals surface area contributed by atoms with Gasteiger partial charge in [0.15, 0.2) is 0 Å². The maximum absolute atomic E-state index is 12.5. The average molecular weight is 325 g/mol. The van der Waals surface area contributed by atoms with E-state index >= 15 is 0 Å². The summed E-state index contributed by atoms with van der Waals surface area (Å²) < 4.78 is 28.1. The first-order valence-corrected chi connectivity index (χ1v) is 8.22. The molecule has 22 heavy (non-hydrogen) atoms. The molecule has 1 aromatic carbocycles. The van der Waals surface area contributed by atoms with Gasteiger partial charge >= 0.3 is 10.2 Å². The molecule has 0 aromatic heterocycles. The monoisotopic (exact) mass is 325 g/mol. The Bertz CT molecular complexity index is 673. The van der Waals surface area contributed by atoms with E-state index in [1.807, 2.05) is 6.07 Å². The van der Waals surface area contributed by atoms with Gasteiger partial charge in [-0.2, -0.15) is 13.1 Å². The molecule has 0 saturated heterocycles. The zero-order valence-corrected chi connectivity index (χ0v) is 13.5. The Kier molecular flexibility index (Phi) is 4.84. The molecule has 0 aliphatic carbocycles. The zero-order valence-electron chi connectivity index (χ0n) is 12.7. The molecule has 120 valence electrons. The summed E-state index contributed by atoms with van der Waals surface area (Å²) in [7, 11) is -0.822. The van der Waals surface area contributed by atoms with Gasteiger partial charge in [0.25, 0.3) is 5.91 Å². The molecule has 7 nitrogen and oxygen atoms in total. The lowest BCUT2D eigenvalue weighted by atomic mass is 9.99. The Labute approximate surface area is 130 Å². The van der Waals surface area contributed by atoms with Crippen molar-refractivity contribution in [1.29, 1.82) is 0 Å². The van der Waals surface area contributed by atoms with Crippen LogP contribution in [0.2, 0.25) is 0 Å². The first-order valence-electron chi connectivity index (χ1n) is 6.78. The van der Waals surface area contributed by atoms with E-state index in [-0.39, 0.29) is 6.54 Å². The van der Waals surface area contributed by atoms with Crippen LogP contribution in [0.25, 0.3) is 0 Å². The normalized spacial score (nSPS) is 20.4. The van der Waals surface area contributed by atoms with Crippen LogP contribution in [-0.4, -0.2) is 44.4 Å². The number of amides is 1. The third-order valence-corrected chi connectivity index (χ3v) is 4.94. The van der Waals surface area contributed by atoms with E-state index in [0.717, 1.165) is 9.37 Å². The lowest BCUT2D eigenvalue weighted by Gasteiger charge is -2.32. The molecule has 1 aromatic rings. The Morgan fingerprint density at radius 1 is 1.36 bits per heavy atom. The maximum Gasteiger partial charge on any atom is 0.301 e. The summed E-state index contributed by atoms with van der Waals surface area (Å²) in [6, 6.07) is 8.19. The fourth-order valence-corrected chi connectivity index (χ4v) is 3.47. The Morgan fingerprint density at radius 3 is 2.55 bits per heavy atom. The van der Waals surface area contributed by atoms with Crippen LogP contribution < -0.4 is 4.72 Å². The summed E-state index contributed by atoms with van der Waals surface area (Å²) in [5.74, 6) is -0.405. The molecule has 0 fully saturated rings. The third kappa shape index (κ3) is 3.13. The highest BCUT2D eigenvalue weighted by Crippen LogP contribution is 2.29. The van der Waals surface area contributed by atoms with Crippen molar-refractivity contribution in [3.8, 4) is 0 Å². The second-order valence-electron chi connectivity index (χ2n) is 4.74. The van der Waals surface area contributed by atoms with Crippen LogP contribution in [0.5, 0.6) is 0 Å². The smallest absolute Gasteiger partial charge is 0.274 e. The molecule has 2 rings (SSSR count). The minimum absolute atomic E-state index is 0.227. The maximum atomic E-state index is 12.5. The highest BCUT2D eigenvalue weighted by molar-refractivity contribution is 7.87. The van der Waals surface area contributed by atoms with Crippen LogP contribution in [0.4, 0.5) is 0 Å². The lowest BCUT2D eigenvalue weighted by Crippen LogP contribution is -2.47. The third-order valence-electron chi connectivity index (χ3n) is 3.42. The number of carbonyl (C=O) groups is 1. The van der Waals surface area contributed by atoms with Gasteiger partial charge in [-0.1, -0.05) is 30.3 Å². The fraction of sp³-hybridized carbons (Fsp3) is 0.357. The number of nitrogens with zero attached hydrogens (tertiary/aromatic N) is 2.